The second-order valence-corrected chi connectivity index (χ2v) is 4.21. The molecule has 1 fully saturated rings. The van der Waals surface area contributed by atoms with Crippen LogP contribution in [0.25, 0.3) is 0 Å². The van der Waals surface area contributed by atoms with Gasteiger partial charge < -0.3 is 10.6 Å². The second-order valence-electron chi connectivity index (χ2n) is 4.21. The highest BCUT2D eigenvalue weighted by Gasteiger charge is 2.19. The van der Waals surface area contributed by atoms with Crippen LogP contribution in [-0.2, 0) is 6.54 Å². The van der Waals surface area contributed by atoms with Gasteiger partial charge in [-0.2, -0.15) is 0 Å². The molecule has 0 aliphatic heterocycles. The van der Waals surface area contributed by atoms with Gasteiger partial charge in [0.05, 0.1) is 6.54 Å². The number of hydrogen-bond acceptors (Lipinski definition) is 4. The Balaban J connectivity index is 1.99. The molecule has 2 rings (SSSR count). The first-order chi connectivity index (χ1) is 7.29. The van der Waals surface area contributed by atoms with E-state index in [1.807, 2.05) is 6.07 Å². The summed E-state index contributed by atoms with van der Waals surface area (Å²) in [6.45, 7) is 1.51. The minimum Gasteiger partial charge on any atom is -0.359 e. The summed E-state index contributed by atoms with van der Waals surface area (Å²) in [7, 11) is 2.08. The van der Waals surface area contributed by atoms with Crippen LogP contribution in [0.4, 0.5) is 5.82 Å². The van der Waals surface area contributed by atoms with Gasteiger partial charge in [0.2, 0.25) is 0 Å². The number of nitrogens with zero attached hydrogens (tertiary/aromatic N) is 3. The fourth-order valence-electron chi connectivity index (χ4n) is 1.86. The van der Waals surface area contributed by atoms with Gasteiger partial charge in [0.1, 0.15) is 11.6 Å². The standard InChI is InChI=1S/C11H18N4/c1-15(8-9-3-2-4-9)11-5-6-13-10(7-12)14-11/h5-6,9H,2-4,7-8,12H2,1H3. The summed E-state index contributed by atoms with van der Waals surface area (Å²) in [6, 6.07) is 1.94. The number of hydrogen-bond donors (Lipinski definition) is 1. The van der Waals surface area contributed by atoms with Gasteiger partial charge in [0.25, 0.3) is 0 Å². The molecule has 0 radical (unpaired) electrons. The van der Waals surface area contributed by atoms with Crippen LogP contribution in [0.1, 0.15) is 25.1 Å². The van der Waals surface area contributed by atoms with Crippen molar-refractivity contribution in [3.8, 4) is 0 Å². The molecule has 82 valence electrons. The zero-order valence-corrected chi connectivity index (χ0v) is 9.19. The average molecular weight is 206 g/mol. The zero-order chi connectivity index (χ0) is 10.7. The van der Waals surface area contributed by atoms with E-state index in [0.717, 1.165) is 18.3 Å². The Morgan fingerprint density at radius 1 is 1.53 bits per heavy atom. The lowest BCUT2D eigenvalue weighted by molar-refractivity contribution is 0.321. The molecule has 1 aliphatic carbocycles. The van der Waals surface area contributed by atoms with Crippen LogP contribution in [0, 0.1) is 5.92 Å². The van der Waals surface area contributed by atoms with Crippen LogP contribution in [0.2, 0.25) is 0 Å². The minimum absolute atomic E-state index is 0.408. The normalized spacial score (nSPS) is 16.1. The van der Waals surface area contributed by atoms with Crippen LogP contribution in [-0.4, -0.2) is 23.6 Å². The molecule has 0 atom stereocenters. The summed E-state index contributed by atoms with van der Waals surface area (Å²) in [5.41, 5.74) is 5.51. The van der Waals surface area contributed by atoms with Gasteiger partial charge in [0.15, 0.2) is 0 Å². The monoisotopic (exact) mass is 206 g/mol. The number of rotatable bonds is 4. The van der Waals surface area contributed by atoms with Crippen molar-refractivity contribution in [3.63, 3.8) is 0 Å². The number of nitrogens with two attached hydrogens (primary N) is 1. The summed E-state index contributed by atoms with van der Waals surface area (Å²) in [4.78, 5) is 10.7. The largest absolute Gasteiger partial charge is 0.359 e. The molecule has 1 heterocycles. The summed E-state index contributed by atoms with van der Waals surface area (Å²) in [6.07, 6.45) is 5.89. The maximum Gasteiger partial charge on any atom is 0.144 e. The van der Waals surface area contributed by atoms with Crippen molar-refractivity contribution in [1.82, 2.24) is 9.97 Å². The van der Waals surface area contributed by atoms with Gasteiger partial charge in [0, 0.05) is 19.8 Å². The highest BCUT2D eigenvalue weighted by molar-refractivity contribution is 5.36. The van der Waals surface area contributed by atoms with E-state index in [-0.39, 0.29) is 0 Å². The van der Waals surface area contributed by atoms with Crippen LogP contribution in [0.3, 0.4) is 0 Å². The predicted octanol–water partition coefficient (Wildman–Crippen LogP) is 1.17. The lowest BCUT2D eigenvalue weighted by Gasteiger charge is -2.30. The molecule has 15 heavy (non-hydrogen) atoms. The maximum absolute atomic E-state index is 5.51. The third-order valence-corrected chi connectivity index (χ3v) is 3.02. The van der Waals surface area contributed by atoms with E-state index in [1.165, 1.54) is 19.3 Å². The lowest BCUT2D eigenvalue weighted by atomic mass is 9.85. The van der Waals surface area contributed by atoms with Crippen molar-refractivity contribution in [3.05, 3.63) is 18.1 Å². The third-order valence-electron chi connectivity index (χ3n) is 3.02. The van der Waals surface area contributed by atoms with E-state index in [0.29, 0.717) is 12.4 Å². The van der Waals surface area contributed by atoms with Crippen LogP contribution >= 0.6 is 0 Å². The molecule has 1 saturated carbocycles. The van der Waals surface area contributed by atoms with Crippen LogP contribution < -0.4 is 10.6 Å². The quantitative estimate of drug-likeness (QED) is 0.803. The van der Waals surface area contributed by atoms with E-state index in [2.05, 4.69) is 21.9 Å². The van der Waals surface area contributed by atoms with E-state index in [4.69, 9.17) is 5.73 Å². The minimum atomic E-state index is 0.408. The Hall–Kier alpha value is -1.16. The SMILES string of the molecule is CN(CC1CCC1)c1ccnc(CN)n1. The molecular formula is C11H18N4. The number of anilines is 1. The summed E-state index contributed by atoms with van der Waals surface area (Å²) in [5.74, 6) is 2.55. The molecule has 0 unspecified atom stereocenters. The molecule has 1 aromatic heterocycles. The predicted molar refractivity (Wildman–Crippen MR) is 60.5 cm³/mol. The topological polar surface area (TPSA) is 55.0 Å². The van der Waals surface area contributed by atoms with Gasteiger partial charge in [-0.25, -0.2) is 9.97 Å². The average Bonchev–Trinajstić information content (AvgIpc) is 2.23. The van der Waals surface area contributed by atoms with E-state index < -0.39 is 0 Å². The third kappa shape index (κ3) is 2.45. The first kappa shape index (κ1) is 10.4. The van der Waals surface area contributed by atoms with Gasteiger partial charge in [-0.3, -0.25) is 0 Å². The van der Waals surface area contributed by atoms with Gasteiger partial charge in [-0.1, -0.05) is 6.42 Å². The smallest absolute Gasteiger partial charge is 0.144 e. The van der Waals surface area contributed by atoms with Crippen LogP contribution in [0.5, 0.6) is 0 Å². The molecule has 4 nitrogen and oxygen atoms in total. The Kier molecular flexibility index (Phi) is 3.16. The van der Waals surface area contributed by atoms with E-state index >= 15 is 0 Å². The highest BCUT2D eigenvalue weighted by atomic mass is 15.2. The van der Waals surface area contributed by atoms with Crippen molar-refractivity contribution in [2.75, 3.05) is 18.5 Å². The molecule has 0 aromatic carbocycles. The fraction of sp³-hybridized carbons (Fsp3) is 0.636. The number of aromatic nitrogens is 2. The van der Waals surface area contributed by atoms with Gasteiger partial charge in [-0.05, 0) is 24.8 Å². The molecule has 0 saturated heterocycles. The van der Waals surface area contributed by atoms with Crippen molar-refractivity contribution >= 4 is 5.82 Å². The second kappa shape index (κ2) is 4.57. The van der Waals surface area contributed by atoms with Gasteiger partial charge >= 0.3 is 0 Å². The van der Waals surface area contributed by atoms with Crippen molar-refractivity contribution in [2.24, 2.45) is 11.7 Å². The molecule has 0 bridgehead atoms. The fourth-order valence-corrected chi connectivity index (χ4v) is 1.86. The molecule has 2 N–H and O–H groups in total. The van der Waals surface area contributed by atoms with E-state index in [9.17, 15) is 0 Å². The van der Waals surface area contributed by atoms with Crippen LogP contribution in [0.15, 0.2) is 12.3 Å². The maximum atomic E-state index is 5.51. The zero-order valence-electron chi connectivity index (χ0n) is 9.19. The molecule has 1 aliphatic rings. The van der Waals surface area contributed by atoms with Crippen molar-refractivity contribution in [2.45, 2.75) is 25.8 Å². The molecule has 1 aromatic rings. The molecular weight excluding hydrogens is 188 g/mol. The summed E-state index contributed by atoms with van der Waals surface area (Å²) < 4.78 is 0. The Morgan fingerprint density at radius 2 is 2.33 bits per heavy atom. The highest BCUT2D eigenvalue weighted by Crippen LogP contribution is 2.27. The van der Waals surface area contributed by atoms with Gasteiger partial charge in [-0.15, -0.1) is 0 Å². The molecule has 0 spiro atoms. The Labute approximate surface area is 90.5 Å². The Morgan fingerprint density at radius 3 is 2.93 bits per heavy atom. The first-order valence-electron chi connectivity index (χ1n) is 5.52. The first-order valence-corrected chi connectivity index (χ1v) is 5.52. The lowest BCUT2D eigenvalue weighted by Crippen LogP contribution is -2.30. The Bertz CT molecular complexity index is 322. The molecule has 4 heteroatoms. The van der Waals surface area contributed by atoms with Crippen molar-refractivity contribution < 1.29 is 0 Å². The van der Waals surface area contributed by atoms with E-state index in [1.54, 1.807) is 6.20 Å². The molecule has 0 amide bonds. The summed E-state index contributed by atoms with van der Waals surface area (Å²) >= 11 is 0. The van der Waals surface area contributed by atoms with Crippen molar-refractivity contribution in [1.29, 1.82) is 0 Å². The summed E-state index contributed by atoms with van der Waals surface area (Å²) in [5, 5.41) is 0.